The summed E-state index contributed by atoms with van der Waals surface area (Å²) in [5.74, 6) is 0.924. The minimum atomic E-state index is 0.568. The molecule has 1 heterocycles. The molecule has 1 nitrogen and oxygen atoms in total. The fourth-order valence-corrected chi connectivity index (χ4v) is 4.61. The Labute approximate surface area is 107 Å². The van der Waals surface area contributed by atoms with E-state index in [2.05, 4.69) is 36.4 Å². The Balaban J connectivity index is 2.01. The number of hydrogen-bond acceptors (Lipinski definition) is 1. The Hall–Kier alpha value is -1.37. The van der Waals surface area contributed by atoms with Crippen molar-refractivity contribution in [1.29, 1.82) is 0 Å². The van der Waals surface area contributed by atoms with E-state index in [0.29, 0.717) is 14.5 Å². The average Bonchev–Trinajstić information content (AvgIpc) is 2.83. The number of hydrogen-bond donors (Lipinski definition) is 0. The van der Waals surface area contributed by atoms with E-state index in [4.69, 9.17) is 4.74 Å². The van der Waals surface area contributed by atoms with Crippen LogP contribution in [0.4, 0.5) is 0 Å². The molecule has 0 fully saturated rings. The summed E-state index contributed by atoms with van der Waals surface area (Å²) in [6.07, 6.45) is 0. The maximum absolute atomic E-state index is 5.20. The van der Waals surface area contributed by atoms with Gasteiger partial charge in [-0.2, -0.15) is 0 Å². The van der Waals surface area contributed by atoms with Crippen molar-refractivity contribution < 1.29 is 4.74 Å². The molecular formula is C15H13OSe+. The van der Waals surface area contributed by atoms with Gasteiger partial charge in [-0.05, 0) is 0 Å². The summed E-state index contributed by atoms with van der Waals surface area (Å²) in [6.45, 7) is 0. The van der Waals surface area contributed by atoms with Crippen LogP contribution in [0.25, 0.3) is 0 Å². The van der Waals surface area contributed by atoms with Crippen LogP contribution in [0.2, 0.25) is 0 Å². The normalized spacial score (nSPS) is 13.1. The van der Waals surface area contributed by atoms with Crippen molar-refractivity contribution in [3.8, 4) is 5.75 Å². The summed E-state index contributed by atoms with van der Waals surface area (Å²) in [5, 5.41) is 1.23. The monoisotopic (exact) mass is 289 g/mol. The van der Waals surface area contributed by atoms with Gasteiger partial charge < -0.3 is 0 Å². The van der Waals surface area contributed by atoms with Crippen LogP contribution in [-0.4, -0.2) is 26.0 Å². The molecule has 2 heteroatoms. The fourth-order valence-electron chi connectivity index (χ4n) is 2.08. The van der Waals surface area contributed by atoms with Crippen LogP contribution in [0.3, 0.4) is 0 Å². The van der Waals surface area contributed by atoms with Crippen molar-refractivity contribution in [2.24, 2.45) is 0 Å². The van der Waals surface area contributed by atoms with E-state index in [1.54, 1.807) is 7.11 Å². The van der Waals surface area contributed by atoms with Crippen molar-refractivity contribution in [2.75, 3.05) is 7.11 Å². The minimum absolute atomic E-state index is 0.568. The van der Waals surface area contributed by atoms with Crippen molar-refractivity contribution in [3.63, 3.8) is 0 Å². The van der Waals surface area contributed by atoms with Gasteiger partial charge in [0.05, 0.1) is 0 Å². The molecule has 1 aliphatic rings. The maximum atomic E-state index is 5.20. The second kappa shape index (κ2) is 4.48. The summed E-state index contributed by atoms with van der Waals surface area (Å²) in [7, 11) is 1.71. The molecule has 0 aliphatic carbocycles. The molecule has 17 heavy (non-hydrogen) atoms. The molecule has 0 radical (unpaired) electrons. The molecule has 3 rings (SSSR count). The Kier molecular flexibility index (Phi) is 2.84. The molecule has 2 aromatic carbocycles. The van der Waals surface area contributed by atoms with Gasteiger partial charge in [0.25, 0.3) is 0 Å². The first-order valence-corrected chi connectivity index (χ1v) is 7.68. The van der Waals surface area contributed by atoms with E-state index in [9.17, 15) is 0 Å². The second-order valence-electron chi connectivity index (χ2n) is 4.00. The van der Waals surface area contributed by atoms with Crippen LogP contribution in [0.15, 0.2) is 48.5 Å². The quantitative estimate of drug-likeness (QED) is 0.771. The number of rotatable bonds is 2. The molecule has 0 aromatic heterocycles. The van der Waals surface area contributed by atoms with E-state index in [-0.39, 0.29) is 0 Å². The van der Waals surface area contributed by atoms with Gasteiger partial charge in [0, 0.05) is 0 Å². The number of benzene rings is 2. The molecular weight excluding hydrogens is 275 g/mol. The standard InChI is InChI=1S/C15H13OSe/c1-16-13-8-6-11(7-9-13)15-14-5-3-2-4-12(14)10-17-15/h2-9H,10H2,1H3/q+1. The van der Waals surface area contributed by atoms with Crippen LogP contribution in [0.5, 0.6) is 5.75 Å². The first-order valence-electron chi connectivity index (χ1n) is 5.61. The summed E-state index contributed by atoms with van der Waals surface area (Å²) >= 11 is 0.568. The van der Waals surface area contributed by atoms with Crippen molar-refractivity contribution in [1.82, 2.24) is 0 Å². The molecule has 0 amide bonds. The van der Waals surface area contributed by atoms with Gasteiger partial charge in [-0.3, -0.25) is 0 Å². The Bertz CT molecular complexity index is 570. The third-order valence-electron chi connectivity index (χ3n) is 2.99. The number of ether oxygens (including phenoxy) is 1. The topological polar surface area (TPSA) is 9.23 Å². The molecule has 0 saturated heterocycles. The van der Waals surface area contributed by atoms with E-state index in [1.165, 1.54) is 26.4 Å². The van der Waals surface area contributed by atoms with Crippen molar-refractivity contribution >= 4 is 18.9 Å². The van der Waals surface area contributed by atoms with Gasteiger partial charge in [-0.25, -0.2) is 0 Å². The predicted octanol–water partition coefficient (Wildman–Crippen LogP) is 2.48. The third-order valence-corrected chi connectivity index (χ3v) is 5.50. The van der Waals surface area contributed by atoms with Gasteiger partial charge in [0.15, 0.2) is 0 Å². The SMILES string of the molecule is COc1ccc(C2=[Se+]Cc3ccccc32)cc1. The number of methoxy groups -OCH3 is 1. The molecule has 0 N–H and O–H groups in total. The van der Waals surface area contributed by atoms with Gasteiger partial charge in [0.1, 0.15) is 0 Å². The Morgan fingerprint density at radius 3 is 2.53 bits per heavy atom. The predicted molar refractivity (Wildman–Crippen MR) is 72.1 cm³/mol. The molecule has 1 aliphatic heterocycles. The summed E-state index contributed by atoms with van der Waals surface area (Å²) in [5.41, 5.74) is 4.28. The van der Waals surface area contributed by atoms with E-state index in [1.807, 2.05) is 12.1 Å². The Morgan fingerprint density at radius 2 is 1.76 bits per heavy atom. The average molecular weight is 288 g/mol. The van der Waals surface area contributed by atoms with E-state index in [0.717, 1.165) is 5.75 Å². The fraction of sp³-hybridized carbons (Fsp3) is 0.133. The summed E-state index contributed by atoms with van der Waals surface area (Å²) in [6, 6.07) is 17.2. The van der Waals surface area contributed by atoms with Crippen molar-refractivity contribution in [2.45, 2.75) is 5.32 Å². The first kappa shape index (κ1) is 10.8. The van der Waals surface area contributed by atoms with Crippen LogP contribution in [0, 0.1) is 0 Å². The van der Waals surface area contributed by atoms with Gasteiger partial charge in [-0.15, -0.1) is 0 Å². The molecule has 2 aromatic rings. The third kappa shape index (κ3) is 1.95. The van der Waals surface area contributed by atoms with Gasteiger partial charge in [0.2, 0.25) is 0 Å². The van der Waals surface area contributed by atoms with E-state index < -0.39 is 0 Å². The molecule has 0 spiro atoms. The van der Waals surface area contributed by atoms with E-state index >= 15 is 0 Å². The van der Waals surface area contributed by atoms with Crippen LogP contribution < -0.4 is 4.74 Å². The molecule has 0 saturated carbocycles. The zero-order valence-electron chi connectivity index (χ0n) is 9.64. The first-order chi connectivity index (χ1) is 8.38. The Morgan fingerprint density at radius 1 is 1.00 bits per heavy atom. The molecule has 0 bridgehead atoms. The summed E-state index contributed by atoms with van der Waals surface area (Å²) in [4.78, 5) is 0. The van der Waals surface area contributed by atoms with Crippen LogP contribution in [-0.2, 0) is 5.32 Å². The zero-order valence-corrected chi connectivity index (χ0v) is 11.4. The van der Waals surface area contributed by atoms with Gasteiger partial charge in [-0.1, -0.05) is 0 Å². The van der Waals surface area contributed by atoms with Gasteiger partial charge >= 0.3 is 107 Å². The van der Waals surface area contributed by atoms with Crippen molar-refractivity contribution in [3.05, 3.63) is 65.2 Å². The van der Waals surface area contributed by atoms with Crippen LogP contribution >= 0.6 is 0 Å². The zero-order chi connectivity index (χ0) is 11.7. The number of fused-ring (bicyclic) bond motifs is 1. The molecule has 0 unspecified atom stereocenters. The summed E-state index contributed by atoms with van der Waals surface area (Å²) < 4.78 is 6.72. The second-order valence-corrected chi connectivity index (χ2v) is 6.07. The van der Waals surface area contributed by atoms with Crippen LogP contribution in [0.1, 0.15) is 16.7 Å². The molecule has 84 valence electrons. The molecule has 0 atom stereocenters.